The lowest BCUT2D eigenvalue weighted by Crippen LogP contribution is -2.36. The van der Waals surface area contributed by atoms with Crippen molar-refractivity contribution in [1.29, 1.82) is 0 Å². The fourth-order valence-corrected chi connectivity index (χ4v) is 2.95. The smallest absolute Gasteiger partial charge is 0.382 e. The number of nitrogens with one attached hydrogen (secondary N) is 1. The summed E-state index contributed by atoms with van der Waals surface area (Å²) >= 11 is -0.0880. The Kier molecular flexibility index (Phi) is 5.43. The van der Waals surface area contributed by atoms with Crippen LogP contribution in [0.3, 0.4) is 0 Å². The molecule has 0 spiro atoms. The molecule has 1 aliphatic rings. The molecule has 0 saturated carbocycles. The molecule has 1 saturated heterocycles. The van der Waals surface area contributed by atoms with Gasteiger partial charge in [0.25, 0.3) is 0 Å². The molecular formula is C15H20F3NOS. The van der Waals surface area contributed by atoms with Crippen molar-refractivity contribution in [2.24, 2.45) is 5.92 Å². The summed E-state index contributed by atoms with van der Waals surface area (Å²) in [7, 11) is 0. The fraction of sp³-hybridized carbons (Fsp3) is 0.600. The molecule has 1 N–H and O–H groups in total. The minimum atomic E-state index is -4.24. The number of hydrogen-bond donors (Lipinski definition) is 1. The van der Waals surface area contributed by atoms with Crippen LogP contribution in [0.2, 0.25) is 0 Å². The number of anilines is 1. The van der Waals surface area contributed by atoms with Crippen molar-refractivity contribution in [3.63, 3.8) is 0 Å². The third-order valence-corrected chi connectivity index (χ3v) is 4.26. The predicted molar refractivity (Wildman–Crippen MR) is 79.6 cm³/mol. The lowest BCUT2D eigenvalue weighted by molar-refractivity contribution is -0.0328. The maximum Gasteiger partial charge on any atom is 0.446 e. The SMILES string of the molecule is CC(C)C1CC(Nc2ccc(SC(F)(F)F)cc2)CCO1. The molecule has 2 unspecified atom stereocenters. The average Bonchev–Trinajstić information content (AvgIpc) is 2.40. The topological polar surface area (TPSA) is 21.3 Å². The van der Waals surface area contributed by atoms with Gasteiger partial charge in [0.15, 0.2) is 0 Å². The molecule has 2 nitrogen and oxygen atoms in total. The highest BCUT2D eigenvalue weighted by Gasteiger charge is 2.29. The molecule has 2 atom stereocenters. The van der Waals surface area contributed by atoms with Gasteiger partial charge in [0.1, 0.15) is 0 Å². The molecular weight excluding hydrogens is 299 g/mol. The van der Waals surface area contributed by atoms with E-state index in [1.807, 2.05) is 0 Å². The number of ether oxygens (including phenoxy) is 1. The van der Waals surface area contributed by atoms with Crippen LogP contribution in [0.25, 0.3) is 0 Å². The van der Waals surface area contributed by atoms with Crippen LogP contribution in [-0.2, 0) is 4.74 Å². The van der Waals surface area contributed by atoms with Crippen molar-refractivity contribution in [3.8, 4) is 0 Å². The maximum atomic E-state index is 12.3. The van der Waals surface area contributed by atoms with Crippen LogP contribution in [0.4, 0.5) is 18.9 Å². The molecule has 1 fully saturated rings. The third-order valence-electron chi connectivity index (χ3n) is 3.52. The van der Waals surface area contributed by atoms with Crippen LogP contribution in [0.5, 0.6) is 0 Å². The lowest BCUT2D eigenvalue weighted by Gasteiger charge is -2.33. The first-order chi connectivity index (χ1) is 9.83. The number of alkyl halides is 3. The van der Waals surface area contributed by atoms with E-state index in [-0.39, 0.29) is 22.8 Å². The second kappa shape index (κ2) is 6.92. The summed E-state index contributed by atoms with van der Waals surface area (Å²) in [6.45, 7) is 4.99. The van der Waals surface area contributed by atoms with Gasteiger partial charge in [-0.05, 0) is 54.8 Å². The van der Waals surface area contributed by atoms with Gasteiger partial charge in [-0.25, -0.2) is 0 Å². The summed E-state index contributed by atoms with van der Waals surface area (Å²) in [4.78, 5) is 0.208. The molecule has 0 amide bonds. The van der Waals surface area contributed by atoms with E-state index in [1.54, 1.807) is 12.1 Å². The van der Waals surface area contributed by atoms with Gasteiger partial charge in [-0.3, -0.25) is 0 Å². The second-order valence-electron chi connectivity index (χ2n) is 5.59. The normalized spacial score (nSPS) is 23.3. The highest BCUT2D eigenvalue weighted by molar-refractivity contribution is 8.00. The zero-order valence-electron chi connectivity index (χ0n) is 12.1. The number of halogens is 3. The Morgan fingerprint density at radius 3 is 2.48 bits per heavy atom. The first-order valence-electron chi connectivity index (χ1n) is 7.07. The first-order valence-corrected chi connectivity index (χ1v) is 7.89. The van der Waals surface area contributed by atoms with Crippen LogP contribution in [0.15, 0.2) is 29.2 Å². The van der Waals surface area contributed by atoms with Crippen molar-refractivity contribution in [2.75, 3.05) is 11.9 Å². The zero-order valence-corrected chi connectivity index (χ0v) is 12.9. The van der Waals surface area contributed by atoms with Crippen molar-refractivity contribution in [2.45, 2.75) is 49.2 Å². The number of thioether (sulfide) groups is 1. The first kappa shape index (κ1) is 16.5. The summed E-state index contributed by atoms with van der Waals surface area (Å²) in [5.74, 6) is 0.472. The third kappa shape index (κ3) is 5.43. The van der Waals surface area contributed by atoms with E-state index < -0.39 is 5.51 Å². The van der Waals surface area contributed by atoms with E-state index in [9.17, 15) is 13.2 Å². The molecule has 118 valence electrons. The van der Waals surface area contributed by atoms with E-state index >= 15 is 0 Å². The number of hydrogen-bond acceptors (Lipinski definition) is 3. The standard InChI is InChI=1S/C15H20F3NOS/c1-10(2)14-9-12(7-8-20-14)19-11-3-5-13(6-4-11)21-15(16,17)18/h3-6,10,12,14,19H,7-9H2,1-2H3. The molecule has 1 aromatic rings. The monoisotopic (exact) mass is 319 g/mol. The van der Waals surface area contributed by atoms with Crippen molar-refractivity contribution >= 4 is 17.4 Å². The molecule has 0 aromatic heterocycles. The Balaban J connectivity index is 1.91. The van der Waals surface area contributed by atoms with Gasteiger partial charge >= 0.3 is 5.51 Å². The molecule has 0 bridgehead atoms. The van der Waals surface area contributed by atoms with Gasteiger partial charge in [-0.2, -0.15) is 13.2 Å². The minimum absolute atomic E-state index is 0.0880. The molecule has 2 rings (SSSR count). The molecule has 0 aliphatic carbocycles. The summed E-state index contributed by atoms with van der Waals surface area (Å²) in [5, 5.41) is 3.39. The molecule has 1 aliphatic heterocycles. The van der Waals surface area contributed by atoms with E-state index in [0.29, 0.717) is 12.0 Å². The summed E-state index contributed by atoms with van der Waals surface area (Å²) in [6, 6.07) is 6.72. The Morgan fingerprint density at radius 2 is 1.90 bits per heavy atom. The highest BCUT2D eigenvalue weighted by Crippen LogP contribution is 2.37. The summed E-state index contributed by atoms with van der Waals surface area (Å²) in [6.07, 6.45) is 2.09. The van der Waals surface area contributed by atoms with Gasteiger partial charge in [0, 0.05) is 23.2 Å². The average molecular weight is 319 g/mol. The molecule has 6 heteroatoms. The van der Waals surface area contributed by atoms with Crippen molar-refractivity contribution in [3.05, 3.63) is 24.3 Å². The van der Waals surface area contributed by atoms with Crippen LogP contribution in [0, 0.1) is 5.92 Å². The Morgan fingerprint density at radius 1 is 1.24 bits per heavy atom. The van der Waals surface area contributed by atoms with Crippen LogP contribution in [0.1, 0.15) is 26.7 Å². The largest absolute Gasteiger partial charge is 0.446 e. The van der Waals surface area contributed by atoms with Gasteiger partial charge in [-0.15, -0.1) is 0 Å². The van der Waals surface area contributed by atoms with Crippen molar-refractivity contribution < 1.29 is 17.9 Å². The second-order valence-corrected chi connectivity index (χ2v) is 6.73. The van der Waals surface area contributed by atoms with Crippen molar-refractivity contribution in [1.82, 2.24) is 0 Å². The maximum absolute atomic E-state index is 12.3. The number of rotatable bonds is 4. The molecule has 1 aromatic carbocycles. The van der Waals surface area contributed by atoms with Crippen LogP contribution < -0.4 is 5.32 Å². The van der Waals surface area contributed by atoms with Gasteiger partial charge in [0.05, 0.1) is 6.10 Å². The molecule has 1 heterocycles. The van der Waals surface area contributed by atoms with E-state index in [2.05, 4.69) is 19.2 Å². The predicted octanol–water partition coefficient (Wildman–Crippen LogP) is 4.91. The van der Waals surface area contributed by atoms with Gasteiger partial charge < -0.3 is 10.1 Å². The van der Waals surface area contributed by atoms with Crippen LogP contribution in [-0.4, -0.2) is 24.3 Å². The zero-order chi connectivity index (χ0) is 15.5. The minimum Gasteiger partial charge on any atom is -0.382 e. The van der Waals surface area contributed by atoms with Crippen LogP contribution >= 0.6 is 11.8 Å². The van der Waals surface area contributed by atoms with E-state index in [1.165, 1.54) is 12.1 Å². The van der Waals surface area contributed by atoms with Gasteiger partial charge in [0.2, 0.25) is 0 Å². The highest BCUT2D eigenvalue weighted by atomic mass is 32.2. The van der Waals surface area contributed by atoms with E-state index in [4.69, 9.17) is 4.74 Å². The summed E-state index contributed by atoms with van der Waals surface area (Å²) in [5.41, 5.74) is -3.38. The quantitative estimate of drug-likeness (QED) is 0.796. The Bertz CT molecular complexity index is 447. The lowest BCUT2D eigenvalue weighted by atomic mass is 9.95. The van der Waals surface area contributed by atoms with E-state index in [0.717, 1.165) is 25.1 Å². The molecule has 0 radical (unpaired) electrons. The fourth-order valence-electron chi connectivity index (χ4n) is 2.41. The summed E-state index contributed by atoms with van der Waals surface area (Å²) < 4.78 is 42.5. The Labute approximate surface area is 127 Å². The number of benzene rings is 1. The Hall–Kier alpha value is -0.880. The van der Waals surface area contributed by atoms with Gasteiger partial charge in [-0.1, -0.05) is 13.8 Å². The molecule has 21 heavy (non-hydrogen) atoms.